The van der Waals surface area contributed by atoms with Gasteiger partial charge in [-0.1, -0.05) is 152 Å². The summed E-state index contributed by atoms with van der Waals surface area (Å²) in [4.78, 5) is 9.28. The van der Waals surface area contributed by atoms with E-state index < -0.39 is 13.2 Å². The first-order valence-corrected chi connectivity index (χ1v) is 17.6. The Kier molecular flexibility index (Phi) is 9.30. The number of fused-ring (bicyclic) bond motifs is 2. The van der Waals surface area contributed by atoms with Gasteiger partial charge in [-0.05, 0) is 53.7 Å². The summed E-state index contributed by atoms with van der Waals surface area (Å²) in [5, 5.41) is 0.784. The Morgan fingerprint density at radius 3 is 2.11 bits per heavy atom. The zero-order valence-corrected chi connectivity index (χ0v) is 32.1. The average molecular weight is 883 g/mol. The third-order valence-electron chi connectivity index (χ3n) is 8.93. The first-order chi connectivity index (χ1) is 28.0. The minimum atomic E-state index is -2.09. The van der Waals surface area contributed by atoms with E-state index in [2.05, 4.69) is 94.7 Å². The van der Waals surface area contributed by atoms with E-state index in [1.165, 1.54) is 6.20 Å². The number of aryl methyl sites for hydroxylation is 1. The van der Waals surface area contributed by atoms with Gasteiger partial charge in [0.15, 0.2) is 0 Å². The minimum Gasteiger partial charge on any atom is -0.557 e. The number of benzene rings is 6. The number of furan rings is 1. The molecule has 0 aliphatic heterocycles. The molecule has 3 heterocycles. The molecular weight excluding hydrogens is 839 g/mol. The quantitative estimate of drug-likeness (QED) is 0.150. The number of nitrogens with zero attached hydrogens (tertiary/aromatic N) is 3. The minimum absolute atomic E-state index is 0. The average Bonchev–Trinajstić information content (AvgIpc) is 3.85. The smallest absolute Gasteiger partial charge is 0.0774 e. The zero-order chi connectivity index (χ0) is 40.4. The summed E-state index contributed by atoms with van der Waals surface area (Å²) in [6, 6.07) is 54.7. The third kappa shape index (κ3) is 7.61. The molecule has 54 heavy (non-hydrogen) atoms. The van der Waals surface area contributed by atoms with Crippen molar-refractivity contribution in [3.63, 3.8) is 0 Å². The van der Waals surface area contributed by atoms with Crippen molar-refractivity contribution >= 4 is 22.0 Å². The van der Waals surface area contributed by atoms with E-state index in [1.807, 2.05) is 80.6 Å². The summed E-state index contributed by atoms with van der Waals surface area (Å²) < 4.78 is 47.3. The Morgan fingerprint density at radius 1 is 0.759 bits per heavy atom. The summed E-state index contributed by atoms with van der Waals surface area (Å²) in [5.74, 6) is 0.503. The second-order valence-electron chi connectivity index (χ2n) is 13.0. The van der Waals surface area contributed by atoms with Crippen LogP contribution in [0.15, 0.2) is 168 Å². The fourth-order valence-corrected chi connectivity index (χ4v) is 6.58. The van der Waals surface area contributed by atoms with E-state index in [4.69, 9.17) is 16.3 Å². The zero-order valence-electron chi connectivity index (χ0n) is 34.7. The molecule has 0 amide bonds. The number of aromatic nitrogens is 3. The number of para-hydroxylation sites is 3. The van der Waals surface area contributed by atoms with Crippen LogP contribution in [0.5, 0.6) is 0 Å². The molecule has 4 nitrogen and oxygen atoms in total. The maximum Gasteiger partial charge on any atom is 0.0774 e. The van der Waals surface area contributed by atoms with Crippen LogP contribution in [0.25, 0.3) is 72.6 Å². The van der Waals surface area contributed by atoms with Crippen LogP contribution < -0.4 is 0 Å². The molecule has 6 aromatic carbocycles. The molecule has 0 unspecified atom stereocenters. The molecule has 0 saturated carbocycles. The summed E-state index contributed by atoms with van der Waals surface area (Å²) >= 11 is 0. The van der Waals surface area contributed by atoms with E-state index >= 15 is 0 Å². The van der Waals surface area contributed by atoms with Crippen molar-refractivity contribution in [1.29, 1.82) is 0 Å². The van der Waals surface area contributed by atoms with Gasteiger partial charge in [0, 0.05) is 56.1 Å². The first-order valence-electron chi connectivity index (χ1n) is 20.1. The van der Waals surface area contributed by atoms with Crippen LogP contribution in [0.2, 0.25) is 0 Å². The Labute approximate surface area is 337 Å². The molecular formula is C49H39IrN3O-2. The van der Waals surface area contributed by atoms with Crippen molar-refractivity contribution in [3.05, 3.63) is 187 Å². The maximum absolute atomic E-state index is 8.74. The Morgan fingerprint density at radius 2 is 1.46 bits per heavy atom. The van der Waals surface area contributed by atoms with Gasteiger partial charge in [0.05, 0.1) is 22.5 Å². The topological polar surface area (TPSA) is 43.9 Å². The molecule has 0 spiro atoms. The van der Waals surface area contributed by atoms with E-state index in [0.29, 0.717) is 22.5 Å². The third-order valence-corrected chi connectivity index (χ3v) is 8.93. The second kappa shape index (κ2) is 16.4. The normalized spacial score (nSPS) is 12.8. The molecule has 9 aromatic rings. The molecule has 0 saturated heterocycles. The van der Waals surface area contributed by atoms with E-state index in [0.717, 1.165) is 55.6 Å². The van der Waals surface area contributed by atoms with Gasteiger partial charge in [0.2, 0.25) is 0 Å². The van der Waals surface area contributed by atoms with E-state index in [-0.39, 0.29) is 31.6 Å². The number of pyridine rings is 1. The van der Waals surface area contributed by atoms with Gasteiger partial charge in [-0.25, -0.2) is 0 Å². The van der Waals surface area contributed by atoms with Gasteiger partial charge < -0.3 is 14.0 Å². The Bertz CT molecular complexity index is 2760. The molecule has 0 aliphatic carbocycles. The van der Waals surface area contributed by atoms with E-state index in [1.54, 1.807) is 18.2 Å². The monoisotopic (exact) mass is 883 g/mol. The van der Waals surface area contributed by atoms with Crippen molar-refractivity contribution in [1.82, 2.24) is 14.5 Å². The van der Waals surface area contributed by atoms with Crippen molar-refractivity contribution in [2.24, 2.45) is 5.92 Å². The number of hydrogen-bond acceptors (Lipinski definition) is 3. The number of hydrogen-bond donors (Lipinski definition) is 0. The Hall–Kier alpha value is -5.87. The van der Waals surface area contributed by atoms with Crippen LogP contribution in [-0.4, -0.2) is 14.5 Å². The molecule has 5 heteroatoms. The molecule has 0 atom stereocenters. The number of imidazole rings is 1. The number of rotatable bonds is 7. The fraction of sp³-hybridized carbons (Fsp3) is 0.102. The molecule has 0 aliphatic rings. The second-order valence-corrected chi connectivity index (χ2v) is 13.0. The molecule has 0 bridgehead atoms. The first kappa shape index (κ1) is 30.6. The molecule has 0 fully saturated rings. The summed E-state index contributed by atoms with van der Waals surface area (Å²) in [5.41, 5.74) is 11.0. The molecule has 267 valence electrons. The maximum atomic E-state index is 8.74. The molecule has 1 radical (unpaired) electrons. The van der Waals surface area contributed by atoms with Crippen molar-refractivity contribution in [2.45, 2.75) is 27.1 Å². The van der Waals surface area contributed by atoms with Crippen LogP contribution in [0.3, 0.4) is 0 Å². The molecule has 9 rings (SSSR count). The van der Waals surface area contributed by atoms with Gasteiger partial charge in [0.1, 0.15) is 0 Å². The van der Waals surface area contributed by atoms with Gasteiger partial charge in [-0.3, -0.25) is 4.98 Å². The van der Waals surface area contributed by atoms with Gasteiger partial charge in [0.25, 0.3) is 0 Å². The van der Waals surface area contributed by atoms with Crippen LogP contribution in [0.1, 0.15) is 31.8 Å². The fourth-order valence-electron chi connectivity index (χ4n) is 6.58. The predicted octanol–water partition coefficient (Wildman–Crippen LogP) is 12.6. The summed E-state index contributed by atoms with van der Waals surface area (Å²) in [6.07, 6.45) is 3.04. The van der Waals surface area contributed by atoms with Crippen LogP contribution >= 0.6 is 0 Å². The van der Waals surface area contributed by atoms with Gasteiger partial charge >= 0.3 is 0 Å². The van der Waals surface area contributed by atoms with Crippen molar-refractivity contribution in [3.8, 4) is 50.6 Å². The van der Waals surface area contributed by atoms with Gasteiger partial charge in [-0.2, -0.15) is 0 Å². The van der Waals surface area contributed by atoms with E-state index in [9.17, 15) is 0 Å². The van der Waals surface area contributed by atoms with Crippen LogP contribution in [-0.2, 0) is 26.5 Å². The van der Waals surface area contributed by atoms with Crippen molar-refractivity contribution < 1.29 is 31.4 Å². The summed E-state index contributed by atoms with van der Waals surface area (Å²) in [7, 11) is 0. The van der Waals surface area contributed by atoms with Crippen LogP contribution in [0.4, 0.5) is 0 Å². The van der Waals surface area contributed by atoms with Crippen molar-refractivity contribution in [2.75, 3.05) is 0 Å². The predicted molar refractivity (Wildman–Crippen MR) is 218 cm³/mol. The largest absolute Gasteiger partial charge is 0.557 e. The van der Waals surface area contributed by atoms with Crippen LogP contribution in [0, 0.1) is 25.1 Å². The molecule has 3 aromatic heterocycles. The standard InChI is InChI=1S/C37H29N2O.C12H10N.Ir/c1-25(2)22-26-20-21-35-31(23-26)32(24-40-35)37-38-33-18-9-10-19-34(33)39(37)36-29(27-12-5-3-6-13-27)16-11-17-30(36)28-14-7-4-8-15-28;1-10-7-8-12(13-9-10)11-5-3-2-4-6-11;/h3-21,23,25H,22H2,1-2H3;2-5,7-9H,1H3;/q2*-1;/i22D2;1D3;. The summed E-state index contributed by atoms with van der Waals surface area (Å²) in [6.45, 7) is 1.71. The Balaban J connectivity index is 0.000000262. The SMILES string of the molecule is [2H]C([2H])([2H])c1ccc(-c2[c-]cccc2)nc1.[2H]C([2H])(c1ccc2o[c-]c(-c3nc4ccccc4n3-c3c(-c4ccccc4)cccc3-c3ccccc3)c2c1)C(C)C.[Ir]. The molecule has 0 N–H and O–H groups in total. The van der Waals surface area contributed by atoms with Gasteiger partial charge in [-0.15, -0.1) is 35.9 Å².